The molecule has 0 radical (unpaired) electrons. The molecule has 20 heavy (non-hydrogen) atoms. The predicted molar refractivity (Wildman–Crippen MR) is 86.2 cm³/mol. The van der Waals surface area contributed by atoms with Gasteiger partial charge in [0.2, 0.25) is 0 Å². The van der Waals surface area contributed by atoms with Crippen molar-refractivity contribution < 1.29 is 0 Å². The van der Waals surface area contributed by atoms with Crippen LogP contribution in [0.4, 0.5) is 5.82 Å². The lowest BCUT2D eigenvalue weighted by Gasteiger charge is -2.24. The molecular weight excluding hydrogens is 246 g/mol. The Morgan fingerprint density at radius 2 is 2.00 bits per heavy atom. The smallest absolute Gasteiger partial charge is 0.128 e. The van der Waals surface area contributed by atoms with Crippen molar-refractivity contribution in [2.24, 2.45) is 5.92 Å². The van der Waals surface area contributed by atoms with Gasteiger partial charge in [-0.05, 0) is 65.0 Å². The number of hydrogen-bond donors (Lipinski definition) is 1. The summed E-state index contributed by atoms with van der Waals surface area (Å²) in [5, 5.41) is 3.53. The normalized spacial score (nSPS) is 15.4. The summed E-state index contributed by atoms with van der Waals surface area (Å²) in [6.07, 6.45) is 2.78. The van der Waals surface area contributed by atoms with Crippen LogP contribution in [0.1, 0.15) is 51.8 Å². The molecule has 1 aromatic heterocycles. The number of nitrogens with one attached hydrogen (secondary N) is 1. The van der Waals surface area contributed by atoms with Crippen LogP contribution in [-0.4, -0.2) is 23.6 Å². The predicted octanol–water partition coefficient (Wildman–Crippen LogP) is 3.51. The van der Waals surface area contributed by atoms with E-state index >= 15 is 0 Å². The lowest BCUT2D eigenvalue weighted by molar-refractivity contribution is 0.423. The van der Waals surface area contributed by atoms with Crippen LogP contribution in [0.5, 0.6) is 0 Å². The van der Waals surface area contributed by atoms with Gasteiger partial charge in [-0.15, -0.1) is 0 Å². The Kier molecular flexibility index (Phi) is 4.69. The van der Waals surface area contributed by atoms with E-state index in [2.05, 4.69) is 57.0 Å². The molecule has 3 heteroatoms. The molecule has 0 bridgehead atoms. The van der Waals surface area contributed by atoms with E-state index in [-0.39, 0.29) is 5.54 Å². The van der Waals surface area contributed by atoms with Crippen molar-refractivity contribution in [1.29, 1.82) is 0 Å². The first-order chi connectivity index (χ1) is 9.39. The second-order valence-electron chi connectivity index (χ2n) is 7.00. The monoisotopic (exact) mass is 275 g/mol. The van der Waals surface area contributed by atoms with Crippen molar-refractivity contribution in [3.63, 3.8) is 0 Å². The molecule has 0 atom stereocenters. The molecule has 0 aliphatic heterocycles. The summed E-state index contributed by atoms with van der Waals surface area (Å²) < 4.78 is 0. The fraction of sp³-hybridized carbons (Fsp3) is 0.706. The van der Waals surface area contributed by atoms with Crippen LogP contribution in [0.25, 0.3) is 0 Å². The third-order valence-corrected chi connectivity index (χ3v) is 3.87. The molecule has 1 heterocycles. The van der Waals surface area contributed by atoms with Gasteiger partial charge in [-0.25, -0.2) is 4.98 Å². The van der Waals surface area contributed by atoms with Gasteiger partial charge in [-0.2, -0.15) is 0 Å². The van der Waals surface area contributed by atoms with E-state index in [4.69, 9.17) is 4.98 Å². The molecule has 0 aromatic carbocycles. The van der Waals surface area contributed by atoms with Crippen LogP contribution in [-0.2, 0) is 6.54 Å². The molecular formula is C17H29N3. The van der Waals surface area contributed by atoms with Gasteiger partial charge in [-0.1, -0.05) is 6.07 Å². The summed E-state index contributed by atoms with van der Waals surface area (Å²) in [5.74, 6) is 2.04. The third-order valence-electron chi connectivity index (χ3n) is 3.87. The number of rotatable bonds is 6. The first kappa shape index (κ1) is 15.3. The fourth-order valence-corrected chi connectivity index (χ4v) is 2.30. The Labute approximate surface area is 123 Å². The molecule has 112 valence electrons. The number of aryl methyl sites for hydroxylation is 1. The average Bonchev–Trinajstić information content (AvgIpc) is 3.17. The molecule has 1 N–H and O–H groups in total. The largest absolute Gasteiger partial charge is 0.357 e. The quantitative estimate of drug-likeness (QED) is 0.861. The highest BCUT2D eigenvalue weighted by atomic mass is 15.2. The number of anilines is 1. The number of hydrogen-bond acceptors (Lipinski definition) is 3. The van der Waals surface area contributed by atoms with Crippen molar-refractivity contribution in [3.8, 4) is 0 Å². The van der Waals surface area contributed by atoms with Crippen molar-refractivity contribution in [3.05, 3.63) is 23.4 Å². The minimum Gasteiger partial charge on any atom is -0.357 e. The molecule has 1 aromatic rings. The number of aromatic nitrogens is 1. The van der Waals surface area contributed by atoms with Gasteiger partial charge in [0.05, 0.1) is 0 Å². The summed E-state index contributed by atoms with van der Waals surface area (Å²) in [6.45, 7) is 14.0. The maximum Gasteiger partial charge on any atom is 0.128 e. The van der Waals surface area contributed by atoms with Crippen molar-refractivity contribution in [2.45, 2.75) is 59.5 Å². The summed E-state index contributed by atoms with van der Waals surface area (Å²) >= 11 is 0. The summed E-state index contributed by atoms with van der Waals surface area (Å²) in [4.78, 5) is 7.22. The Bertz CT molecular complexity index is 444. The van der Waals surface area contributed by atoms with E-state index in [1.54, 1.807) is 0 Å². The lowest BCUT2D eigenvalue weighted by atomic mass is 10.1. The Morgan fingerprint density at radius 3 is 2.50 bits per heavy atom. The standard InChI is InChI=1S/C17H29N3/c1-6-20(12-14-7-8-14)16-10-9-15(13(2)19-16)11-18-17(3,4)5/h9-10,14,18H,6-8,11-12H2,1-5H3. The lowest BCUT2D eigenvalue weighted by Crippen LogP contribution is -2.35. The molecule has 0 saturated heterocycles. The third kappa shape index (κ3) is 4.48. The minimum atomic E-state index is 0.145. The molecule has 0 unspecified atom stereocenters. The van der Waals surface area contributed by atoms with Crippen LogP contribution < -0.4 is 10.2 Å². The van der Waals surface area contributed by atoms with E-state index in [0.29, 0.717) is 0 Å². The summed E-state index contributed by atoms with van der Waals surface area (Å²) in [6, 6.07) is 4.41. The van der Waals surface area contributed by atoms with E-state index in [0.717, 1.165) is 30.5 Å². The SMILES string of the molecule is CCN(CC1CC1)c1ccc(CNC(C)(C)C)c(C)n1. The van der Waals surface area contributed by atoms with Crippen molar-refractivity contribution in [2.75, 3.05) is 18.0 Å². The van der Waals surface area contributed by atoms with E-state index in [9.17, 15) is 0 Å². The maximum atomic E-state index is 4.81. The van der Waals surface area contributed by atoms with E-state index < -0.39 is 0 Å². The molecule has 1 aliphatic rings. The van der Waals surface area contributed by atoms with Crippen molar-refractivity contribution in [1.82, 2.24) is 10.3 Å². The Hall–Kier alpha value is -1.09. The second-order valence-corrected chi connectivity index (χ2v) is 7.00. The van der Waals surface area contributed by atoms with Crippen molar-refractivity contribution >= 4 is 5.82 Å². The first-order valence-corrected chi connectivity index (χ1v) is 7.85. The number of pyridine rings is 1. The average molecular weight is 275 g/mol. The van der Waals surface area contributed by atoms with Crippen LogP contribution in [0.3, 0.4) is 0 Å². The van der Waals surface area contributed by atoms with Crippen LogP contribution in [0, 0.1) is 12.8 Å². The van der Waals surface area contributed by atoms with Gasteiger partial charge in [0, 0.05) is 30.9 Å². The summed E-state index contributed by atoms with van der Waals surface area (Å²) in [5.41, 5.74) is 2.59. The second kappa shape index (κ2) is 6.13. The Balaban J connectivity index is 2.03. The van der Waals surface area contributed by atoms with Crippen LogP contribution in [0.2, 0.25) is 0 Å². The molecule has 2 rings (SSSR count). The molecule has 1 aliphatic carbocycles. The maximum absolute atomic E-state index is 4.81. The molecule has 0 amide bonds. The van der Waals surface area contributed by atoms with E-state index in [1.165, 1.54) is 24.9 Å². The van der Waals surface area contributed by atoms with Crippen LogP contribution >= 0.6 is 0 Å². The zero-order valence-electron chi connectivity index (χ0n) is 13.7. The number of nitrogens with zero attached hydrogens (tertiary/aromatic N) is 2. The Morgan fingerprint density at radius 1 is 1.30 bits per heavy atom. The van der Waals surface area contributed by atoms with Gasteiger partial charge >= 0.3 is 0 Å². The highest BCUT2D eigenvalue weighted by molar-refractivity contribution is 5.41. The molecule has 1 saturated carbocycles. The highest BCUT2D eigenvalue weighted by Crippen LogP contribution is 2.31. The van der Waals surface area contributed by atoms with Gasteiger partial charge in [0.25, 0.3) is 0 Å². The van der Waals surface area contributed by atoms with Gasteiger partial charge in [0.1, 0.15) is 5.82 Å². The minimum absolute atomic E-state index is 0.145. The van der Waals surface area contributed by atoms with E-state index in [1.807, 2.05) is 0 Å². The molecule has 1 fully saturated rings. The first-order valence-electron chi connectivity index (χ1n) is 7.85. The topological polar surface area (TPSA) is 28.2 Å². The fourth-order valence-electron chi connectivity index (χ4n) is 2.30. The molecule has 0 spiro atoms. The van der Waals surface area contributed by atoms with Gasteiger partial charge in [-0.3, -0.25) is 0 Å². The zero-order valence-corrected chi connectivity index (χ0v) is 13.7. The highest BCUT2D eigenvalue weighted by Gasteiger charge is 2.24. The summed E-state index contributed by atoms with van der Waals surface area (Å²) in [7, 11) is 0. The zero-order chi connectivity index (χ0) is 14.8. The van der Waals surface area contributed by atoms with Gasteiger partial charge < -0.3 is 10.2 Å². The van der Waals surface area contributed by atoms with Crippen LogP contribution in [0.15, 0.2) is 12.1 Å². The molecule has 3 nitrogen and oxygen atoms in total. The van der Waals surface area contributed by atoms with Gasteiger partial charge in [0.15, 0.2) is 0 Å².